The molecular weight excluding hydrogens is 1210 g/mol. The zero-order valence-corrected chi connectivity index (χ0v) is 47.0. The first kappa shape index (κ1) is 61.2. The molecule has 4 unspecified atom stereocenters. The lowest BCUT2D eigenvalue weighted by molar-refractivity contribution is -0.745. The van der Waals surface area contributed by atoms with Gasteiger partial charge in [-0.1, -0.05) is 35.3 Å². The van der Waals surface area contributed by atoms with Crippen LogP contribution in [0.2, 0.25) is 0 Å². The number of benzene rings is 1. The molecular formula is C41H53N15O24P4. The Balaban J connectivity index is 0.810. The summed E-state index contributed by atoms with van der Waals surface area (Å²) in [6.45, 7) is -3.13. The van der Waals surface area contributed by atoms with E-state index in [-0.39, 0.29) is 70.8 Å². The third-order valence-corrected chi connectivity index (χ3v) is 18.7. The first-order valence-electron chi connectivity index (χ1n) is 24.6. The molecule has 43 heteroatoms. The van der Waals surface area contributed by atoms with Crippen molar-refractivity contribution in [3.8, 4) is 0 Å². The lowest BCUT2D eigenvalue weighted by Crippen LogP contribution is -2.45. The molecule has 39 nitrogen and oxygen atoms in total. The van der Waals surface area contributed by atoms with Gasteiger partial charge >= 0.3 is 29.1 Å². The number of imidazole rings is 3. The first-order chi connectivity index (χ1) is 39.7. The molecule has 0 radical (unpaired) electrons. The summed E-state index contributed by atoms with van der Waals surface area (Å²) in [6, 6.07) is 9.05. The van der Waals surface area contributed by atoms with E-state index < -0.39 is 136 Å². The molecule has 0 saturated carbocycles. The maximum absolute atomic E-state index is 13.7. The van der Waals surface area contributed by atoms with Gasteiger partial charge in [-0.15, -0.1) is 0 Å². The van der Waals surface area contributed by atoms with Crippen LogP contribution in [-0.4, -0.2) is 166 Å². The van der Waals surface area contributed by atoms with Crippen molar-refractivity contribution in [1.82, 2.24) is 53.6 Å². The van der Waals surface area contributed by atoms with E-state index in [9.17, 15) is 62.7 Å². The van der Waals surface area contributed by atoms with Gasteiger partial charge in [0.1, 0.15) is 54.6 Å². The van der Waals surface area contributed by atoms with E-state index in [1.54, 1.807) is 12.1 Å². The molecule has 14 N–H and O–H groups in total. The molecule has 0 bridgehead atoms. The van der Waals surface area contributed by atoms with Gasteiger partial charge in [0, 0.05) is 19.6 Å². The van der Waals surface area contributed by atoms with Crippen molar-refractivity contribution in [2.45, 2.75) is 80.5 Å². The second kappa shape index (κ2) is 24.1. The highest BCUT2D eigenvalue weighted by atomic mass is 31.3. The summed E-state index contributed by atoms with van der Waals surface area (Å²) in [4.78, 5) is 99.8. The number of methoxy groups -OCH3 is 1. The van der Waals surface area contributed by atoms with Crippen LogP contribution in [0.1, 0.15) is 30.7 Å². The van der Waals surface area contributed by atoms with Crippen molar-refractivity contribution in [2.24, 2.45) is 13.0 Å². The number of aliphatic hydroxyl groups is 3. The fraction of sp³-hybridized carbons (Fsp3) is 0.488. The van der Waals surface area contributed by atoms with Crippen LogP contribution in [0.3, 0.4) is 0 Å². The molecule has 7 aromatic rings. The molecule has 10 rings (SSSR count). The summed E-state index contributed by atoms with van der Waals surface area (Å²) >= 11 is 0. The van der Waals surface area contributed by atoms with Gasteiger partial charge in [-0.25, -0.2) is 38.2 Å². The van der Waals surface area contributed by atoms with Crippen molar-refractivity contribution in [1.29, 1.82) is 0 Å². The molecule has 0 amide bonds. The average molecular weight is 1260 g/mol. The van der Waals surface area contributed by atoms with E-state index in [0.29, 0.717) is 0 Å². The standard InChI is InChI=1S/C41H53N15O24P4/c1-53-17-56(34-25(53)36(61)52-41(44)50-34)37-26(57)19(8-9-71-10-18-6-4-3-5-7-18)20(75-37)11-73-82(64,65)79-84(68,69)80-83(66,67)74-13-22-29(30(70-2)39(77-22)54-15-47-23-31(42)45-14-46-32(23)54)78-81(62,63)72-12-21-27(58)28(59)38(76-21)55-16-48-24-33(55)49-40(43)51-35(24)60/h3-7,14-17,19-22,26-30,37-39,57-59H,8-13H2,1-2H3,(H11-,42,43,44,45,46,49,50,51,52,60,61,62,63,64,65,66,67,68,69)/t19-,20-,21-,22-,26-,27-,28-,29-,30-,37-,38-,39-/m1/s1. The van der Waals surface area contributed by atoms with Gasteiger partial charge in [0.25, 0.3) is 24.9 Å². The second-order valence-electron chi connectivity index (χ2n) is 18.9. The summed E-state index contributed by atoms with van der Waals surface area (Å²) < 4.78 is 117. The Labute approximate surface area is 469 Å². The van der Waals surface area contributed by atoms with Crippen LogP contribution < -0.4 is 37.8 Å². The zero-order chi connectivity index (χ0) is 60.2. The number of H-pyrrole nitrogens is 2. The number of rotatable bonds is 24. The van der Waals surface area contributed by atoms with Gasteiger partial charge in [0.15, 0.2) is 41.4 Å². The molecule has 0 spiro atoms. The highest BCUT2D eigenvalue weighted by Crippen LogP contribution is 2.68. The number of aliphatic hydroxyl groups excluding tert-OH is 3. The quantitative estimate of drug-likeness (QED) is 0.0169. The van der Waals surface area contributed by atoms with Gasteiger partial charge in [0.05, 0.1) is 52.2 Å². The molecule has 84 heavy (non-hydrogen) atoms. The Kier molecular flexibility index (Phi) is 17.5. The Morgan fingerprint density at radius 3 is 2.06 bits per heavy atom. The third-order valence-electron chi connectivity index (χ3n) is 13.4. The first-order valence-corrected chi connectivity index (χ1v) is 30.6. The fourth-order valence-corrected chi connectivity index (χ4v) is 14.2. The van der Waals surface area contributed by atoms with E-state index in [0.717, 1.165) is 36.2 Å². The summed E-state index contributed by atoms with van der Waals surface area (Å²) in [5, 5.41) is 33.5. The van der Waals surface area contributed by atoms with Crippen LogP contribution in [0, 0.1) is 5.92 Å². The molecule has 3 fully saturated rings. The lowest BCUT2D eigenvalue weighted by atomic mass is 9.95. The molecule has 456 valence electrons. The number of nitrogens with zero attached hydrogens (tertiary/aromatic N) is 10. The molecule has 16 atom stereocenters. The number of anilines is 3. The van der Waals surface area contributed by atoms with E-state index in [2.05, 4.69) is 48.5 Å². The van der Waals surface area contributed by atoms with Crippen LogP contribution >= 0.6 is 31.3 Å². The van der Waals surface area contributed by atoms with Crippen molar-refractivity contribution in [3.63, 3.8) is 0 Å². The smallest absolute Gasteiger partial charge is 0.490 e. The van der Waals surface area contributed by atoms with Crippen molar-refractivity contribution in [2.75, 3.05) is 50.7 Å². The van der Waals surface area contributed by atoms with Gasteiger partial charge in [-0.3, -0.25) is 46.9 Å². The Bertz CT molecular complexity index is 3870. The second-order valence-corrected chi connectivity index (χ2v) is 24.9. The monoisotopic (exact) mass is 1260 g/mol. The minimum Gasteiger partial charge on any atom is -0.756 e. The molecule has 3 saturated heterocycles. The van der Waals surface area contributed by atoms with Crippen LogP contribution in [0.5, 0.6) is 0 Å². The summed E-state index contributed by atoms with van der Waals surface area (Å²) in [7, 11) is -21.2. The number of nitrogens with one attached hydrogen (secondary N) is 2. The zero-order valence-electron chi connectivity index (χ0n) is 43.4. The van der Waals surface area contributed by atoms with Crippen molar-refractivity contribution in [3.05, 3.63) is 81.9 Å². The number of hydrogen-bond donors (Lipinski definition) is 11. The van der Waals surface area contributed by atoms with Crippen LogP contribution in [0.25, 0.3) is 33.5 Å². The van der Waals surface area contributed by atoms with Crippen LogP contribution in [-0.2, 0) is 82.3 Å². The number of nitrogens with two attached hydrogens (primary N) is 3. The Morgan fingerprint density at radius 2 is 1.36 bits per heavy atom. The SMILES string of the molecule is CO[C@@H]1[C@H](OP(=O)([O-])OC[C@H]2O[C@@H](n3cnc4c(=O)[nH]c(N)nc43)[C@H](O)[C@@H]2O)[C@@H](COP(=O)(O)OP(=O)(O)OP(=O)(O)OC[C@H]2O[C@@H]([n+]3cn(C)c4c(=O)[nH]c(N)nc43)[C@H](O)[C@@H]2CCOCc2ccccc2)O[C@H]1n1cnc2c(N)ncnc21. The summed E-state index contributed by atoms with van der Waals surface area (Å²) in [5.74, 6) is -1.67. The highest BCUT2D eigenvalue weighted by Gasteiger charge is 2.53. The third kappa shape index (κ3) is 12.9. The fourth-order valence-electron chi connectivity index (χ4n) is 9.71. The normalized spacial score (nSPS) is 28.4. The van der Waals surface area contributed by atoms with Gasteiger partial charge < -0.3 is 84.8 Å². The minimum atomic E-state index is -6.22. The largest absolute Gasteiger partial charge is 0.756 e. The maximum atomic E-state index is 13.7. The molecule has 3 aliphatic heterocycles. The number of ether oxygens (including phenoxy) is 5. The maximum Gasteiger partial charge on any atom is 0.490 e. The Morgan fingerprint density at radius 1 is 0.726 bits per heavy atom. The number of aryl methyl sites for hydroxylation is 1. The summed E-state index contributed by atoms with van der Waals surface area (Å²) in [6.07, 6.45) is -13.2. The lowest BCUT2D eigenvalue weighted by Gasteiger charge is -2.31. The molecule has 3 aliphatic rings. The van der Waals surface area contributed by atoms with Gasteiger partial charge in [-0.05, 0) is 12.0 Å². The number of hydrogen-bond acceptors (Lipinski definition) is 30. The Hall–Kier alpha value is -5.93. The topological polar surface area (TPSA) is 554 Å². The predicted molar refractivity (Wildman–Crippen MR) is 275 cm³/mol. The van der Waals surface area contributed by atoms with Crippen molar-refractivity contribution < 1.29 is 108 Å². The number of phosphoric acid groups is 4. The average Bonchev–Trinajstić information content (AvgIpc) is 1.88. The van der Waals surface area contributed by atoms with E-state index >= 15 is 0 Å². The number of fused-ring (bicyclic) bond motifs is 3. The number of nitrogen functional groups attached to an aromatic ring is 3. The number of aromatic amines is 2. The van der Waals surface area contributed by atoms with E-state index in [1.165, 1.54) is 27.1 Å². The number of aromatic nitrogens is 12. The van der Waals surface area contributed by atoms with E-state index in [1.807, 2.05) is 18.2 Å². The summed E-state index contributed by atoms with van der Waals surface area (Å²) in [5.41, 5.74) is 16.6. The number of phosphoric ester groups is 3. The predicted octanol–water partition coefficient (Wildman–Crippen LogP) is -2.48. The molecule has 0 aliphatic carbocycles. The van der Waals surface area contributed by atoms with Gasteiger partial charge in [-0.2, -0.15) is 13.6 Å². The minimum absolute atomic E-state index is 0.00136. The van der Waals surface area contributed by atoms with Crippen molar-refractivity contribution >= 4 is 82.5 Å². The molecule has 6 aromatic heterocycles. The molecule has 1 aromatic carbocycles. The van der Waals surface area contributed by atoms with Gasteiger partial charge in [0.2, 0.25) is 17.7 Å². The van der Waals surface area contributed by atoms with E-state index in [4.69, 9.17) is 59.0 Å². The highest BCUT2D eigenvalue weighted by molar-refractivity contribution is 7.66. The van der Waals surface area contributed by atoms with Crippen LogP contribution in [0.4, 0.5) is 17.7 Å². The van der Waals surface area contributed by atoms with Crippen LogP contribution in [0.15, 0.2) is 65.2 Å². The molecule has 9 heterocycles.